The molecular formula is C11H26N2O2. The van der Waals surface area contributed by atoms with Crippen molar-refractivity contribution in [3.8, 4) is 0 Å². The van der Waals surface area contributed by atoms with Gasteiger partial charge in [-0.25, -0.2) is 0 Å². The second-order valence-corrected chi connectivity index (χ2v) is 3.82. The molecule has 0 aromatic carbocycles. The molecule has 0 aromatic rings. The second kappa shape index (κ2) is 8.41. The van der Waals surface area contributed by atoms with Crippen LogP contribution >= 0.6 is 0 Å². The Morgan fingerprint density at radius 1 is 1.20 bits per heavy atom. The van der Waals surface area contributed by atoms with Crippen LogP contribution in [0.4, 0.5) is 0 Å². The standard InChI is InChI=1S/C11H22N2O2.2H2/c1-4-12-7-6-11(15)13-8-5-10(14)9(2)3;;/h9,12H,4-8H2,1-3H3,(H,13,15);2*1H. The highest BCUT2D eigenvalue weighted by Gasteiger charge is 2.07. The fourth-order valence-corrected chi connectivity index (χ4v) is 1.08. The van der Waals surface area contributed by atoms with Crippen LogP contribution < -0.4 is 10.6 Å². The van der Waals surface area contributed by atoms with E-state index in [2.05, 4.69) is 10.6 Å². The molecular weight excluding hydrogens is 192 g/mol. The molecule has 92 valence electrons. The Morgan fingerprint density at radius 2 is 1.87 bits per heavy atom. The lowest BCUT2D eigenvalue weighted by Crippen LogP contribution is -2.29. The lowest BCUT2D eigenvalue weighted by Gasteiger charge is -2.06. The monoisotopic (exact) mass is 218 g/mol. The van der Waals surface area contributed by atoms with Crippen molar-refractivity contribution in [3.63, 3.8) is 0 Å². The molecule has 0 saturated heterocycles. The van der Waals surface area contributed by atoms with Crippen LogP contribution in [0.2, 0.25) is 0 Å². The summed E-state index contributed by atoms with van der Waals surface area (Å²) in [6, 6.07) is 0. The van der Waals surface area contributed by atoms with Crippen molar-refractivity contribution in [1.29, 1.82) is 0 Å². The van der Waals surface area contributed by atoms with Gasteiger partial charge in [0.2, 0.25) is 5.91 Å². The lowest BCUT2D eigenvalue weighted by molar-refractivity contribution is -0.122. The molecule has 1 amide bonds. The summed E-state index contributed by atoms with van der Waals surface area (Å²) in [5.41, 5.74) is 0. The lowest BCUT2D eigenvalue weighted by atomic mass is 10.1. The van der Waals surface area contributed by atoms with Gasteiger partial charge in [0.05, 0.1) is 0 Å². The second-order valence-electron chi connectivity index (χ2n) is 3.82. The highest BCUT2D eigenvalue weighted by atomic mass is 16.1. The number of hydrogen-bond donors (Lipinski definition) is 2. The summed E-state index contributed by atoms with van der Waals surface area (Å²) in [6.07, 6.45) is 0.911. The number of nitrogens with one attached hydrogen (secondary N) is 2. The van der Waals surface area contributed by atoms with Gasteiger partial charge in [-0.3, -0.25) is 9.59 Å². The van der Waals surface area contributed by atoms with Crippen LogP contribution in [0.5, 0.6) is 0 Å². The first kappa shape index (κ1) is 14.1. The fraction of sp³-hybridized carbons (Fsp3) is 0.818. The van der Waals surface area contributed by atoms with Crippen LogP contribution in [-0.2, 0) is 9.59 Å². The molecule has 0 rings (SSSR count). The van der Waals surface area contributed by atoms with Crippen molar-refractivity contribution in [3.05, 3.63) is 0 Å². The quantitative estimate of drug-likeness (QED) is 0.602. The summed E-state index contributed by atoms with van der Waals surface area (Å²) in [5.74, 6) is 0.262. The number of rotatable bonds is 8. The Balaban J connectivity index is -0.000000980. The van der Waals surface area contributed by atoms with E-state index in [9.17, 15) is 9.59 Å². The SMILES string of the molecule is CCNCCC(=O)NCCC(=O)C(C)C.[HH].[HH]. The summed E-state index contributed by atoms with van der Waals surface area (Å²) in [5, 5.41) is 5.80. The van der Waals surface area contributed by atoms with E-state index in [0.717, 1.165) is 6.54 Å². The van der Waals surface area contributed by atoms with Crippen molar-refractivity contribution in [2.75, 3.05) is 19.6 Å². The maximum absolute atomic E-state index is 11.2. The van der Waals surface area contributed by atoms with E-state index in [1.54, 1.807) is 0 Å². The normalized spacial score (nSPS) is 10.4. The molecule has 0 fully saturated rings. The van der Waals surface area contributed by atoms with Gasteiger partial charge < -0.3 is 10.6 Å². The summed E-state index contributed by atoms with van der Waals surface area (Å²) in [6.45, 7) is 7.77. The van der Waals surface area contributed by atoms with Gasteiger partial charge in [0.1, 0.15) is 5.78 Å². The van der Waals surface area contributed by atoms with Gasteiger partial charge in [-0.1, -0.05) is 20.8 Å². The van der Waals surface area contributed by atoms with Gasteiger partial charge in [-0.15, -0.1) is 0 Å². The minimum Gasteiger partial charge on any atom is -0.356 e. The first-order valence-corrected chi connectivity index (χ1v) is 5.58. The molecule has 0 aliphatic carbocycles. The van der Waals surface area contributed by atoms with E-state index >= 15 is 0 Å². The van der Waals surface area contributed by atoms with Gasteiger partial charge in [0, 0.05) is 34.7 Å². The molecule has 0 spiro atoms. The van der Waals surface area contributed by atoms with Crippen LogP contribution in [0.15, 0.2) is 0 Å². The van der Waals surface area contributed by atoms with Crippen LogP contribution in [0.25, 0.3) is 0 Å². The fourth-order valence-electron chi connectivity index (χ4n) is 1.08. The third-order valence-corrected chi connectivity index (χ3v) is 2.12. The first-order valence-electron chi connectivity index (χ1n) is 5.58. The minimum atomic E-state index is 0. The molecule has 0 unspecified atom stereocenters. The summed E-state index contributed by atoms with van der Waals surface area (Å²) < 4.78 is 0. The van der Waals surface area contributed by atoms with Gasteiger partial charge in [-0.05, 0) is 6.54 Å². The van der Waals surface area contributed by atoms with Crippen LogP contribution in [0, 0.1) is 5.92 Å². The predicted octanol–water partition coefficient (Wildman–Crippen LogP) is 1.21. The Kier molecular flexibility index (Phi) is 7.91. The number of Topliss-reactive ketones (excluding diaryl/α,β-unsaturated/α-hetero) is 1. The van der Waals surface area contributed by atoms with Crippen LogP contribution in [0.1, 0.15) is 36.5 Å². The minimum absolute atomic E-state index is 0. The van der Waals surface area contributed by atoms with E-state index in [4.69, 9.17) is 0 Å². The Morgan fingerprint density at radius 3 is 2.40 bits per heavy atom. The van der Waals surface area contributed by atoms with Crippen molar-refractivity contribution in [2.45, 2.75) is 33.6 Å². The Bertz CT molecular complexity index is 212. The smallest absolute Gasteiger partial charge is 0.221 e. The maximum Gasteiger partial charge on any atom is 0.221 e. The zero-order chi connectivity index (χ0) is 11.7. The average molecular weight is 218 g/mol. The molecule has 15 heavy (non-hydrogen) atoms. The van der Waals surface area contributed by atoms with Crippen molar-refractivity contribution >= 4 is 11.7 Å². The predicted molar refractivity (Wildman–Crippen MR) is 64.9 cm³/mol. The van der Waals surface area contributed by atoms with Gasteiger partial charge in [0.25, 0.3) is 0 Å². The number of carbonyl (C=O) groups is 2. The maximum atomic E-state index is 11.2. The first-order chi connectivity index (χ1) is 7.07. The molecule has 0 radical (unpaired) electrons. The number of hydrogen-bond acceptors (Lipinski definition) is 3. The molecule has 0 aromatic heterocycles. The van der Waals surface area contributed by atoms with E-state index in [1.165, 1.54) is 0 Å². The topological polar surface area (TPSA) is 58.2 Å². The number of carbonyl (C=O) groups excluding carboxylic acids is 2. The van der Waals surface area contributed by atoms with E-state index in [0.29, 0.717) is 25.9 Å². The molecule has 0 bridgehead atoms. The number of amides is 1. The van der Waals surface area contributed by atoms with E-state index in [-0.39, 0.29) is 20.5 Å². The zero-order valence-corrected chi connectivity index (χ0v) is 9.93. The van der Waals surface area contributed by atoms with Crippen LogP contribution in [-0.4, -0.2) is 31.3 Å². The molecule has 0 aliphatic heterocycles. The molecule has 0 heterocycles. The number of ketones is 1. The van der Waals surface area contributed by atoms with Gasteiger partial charge in [0.15, 0.2) is 0 Å². The zero-order valence-electron chi connectivity index (χ0n) is 9.93. The highest BCUT2D eigenvalue weighted by Crippen LogP contribution is 1.97. The molecule has 4 heteroatoms. The summed E-state index contributed by atoms with van der Waals surface area (Å²) in [4.78, 5) is 22.4. The van der Waals surface area contributed by atoms with Crippen molar-refractivity contribution < 1.29 is 12.4 Å². The van der Waals surface area contributed by atoms with E-state index < -0.39 is 0 Å². The molecule has 2 N–H and O–H groups in total. The molecule has 0 saturated carbocycles. The third kappa shape index (κ3) is 8.12. The Labute approximate surface area is 94.8 Å². The third-order valence-electron chi connectivity index (χ3n) is 2.12. The highest BCUT2D eigenvalue weighted by molar-refractivity contribution is 5.81. The van der Waals surface area contributed by atoms with Crippen LogP contribution in [0.3, 0.4) is 0 Å². The Hall–Kier alpha value is -0.900. The van der Waals surface area contributed by atoms with Gasteiger partial charge in [-0.2, -0.15) is 0 Å². The molecule has 0 atom stereocenters. The molecule has 0 aliphatic rings. The average Bonchev–Trinajstić information content (AvgIpc) is 2.18. The van der Waals surface area contributed by atoms with E-state index in [1.807, 2.05) is 20.8 Å². The summed E-state index contributed by atoms with van der Waals surface area (Å²) >= 11 is 0. The van der Waals surface area contributed by atoms with Crippen molar-refractivity contribution in [2.24, 2.45) is 5.92 Å². The van der Waals surface area contributed by atoms with Gasteiger partial charge >= 0.3 is 0 Å². The largest absolute Gasteiger partial charge is 0.356 e. The summed E-state index contributed by atoms with van der Waals surface area (Å²) in [7, 11) is 0. The van der Waals surface area contributed by atoms with Crippen molar-refractivity contribution in [1.82, 2.24) is 10.6 Å². The molecule has 4 nitrogen and oxygen atoms in total.